The molecule has 0 atom stereocenters. The molecule has 0 bridgehead atoms. The van der Waals surface area contributed by atoms with Crippen LogP contribution in [0.1, 0.15) is 5.56 Å². The van der Waals surface area contributed by atoms with Crippen LogP contribution in [0.3, 0.4) is 0 Å². The number of nitrogens with one attached hydrogen (secondary N) is 5. The highest BCUT2D eigenvalue weighted by atomic mass is 32.2. The van der Waals surface area contributed by atoms with E-state index in [-0.39, 0.29) is 38.0 Å². The highest BCUT2D eigenvalue weighted by Gasteiger charge is 2.21. The fourth-order valence-electron chi connectivity index (χ4n) is 4.21. The largest absolute Gasteiger partial charge is 0.375 e. The molecule has 5 rings (SSSR count). The Morgan fingerprint density at radius 1 is 0.720 bits per heavy atom. The molecule has 50 heavy (non-hydrogen) atoms. The van der Waals surface area contributed by atoms with E-state index in [4.69, 9.17) is 0 Å². The Bertz CT molecular complexity index is 2670. The number of H-pyrrole nitrogens is 2. The topological polar surface area (TPSA) is 300 Å². The second-order valence-corrected chi connectivity index (χ2v) is 13.6. The number of rotatable bonds is 9. The number of halogens is 2. The van der Waals surface area contributed by atoms with Gasteiger partial charge < -0.3 is 15.3 Å². The van der Waals surface area contributed by atoms with Crippen molar-refractivity contribution in [1.29, 1.82) is 0 Å². The lowest BCUT2D eigenvalue weighted by atomic mass is 10.1. The lowest BCUT2D eigenvalue weighted by Gasteiger charge is -2.10. The maximum absolute atomic E-state index is 13.5. The second-order valence-electron chi connectivity index (χ2n) is 10.1. The molecular weight excluding hydrogens is 720 g/mol. The van der Waals surface area contributed by atoms with Gasteiger partial charge in [0.05, 0.1) is 44.2 Å². The highest BCUT2D eigenvalue weighted by Crippen LogP contribution is 2.28. The van der Waals surface area contributed by atoms with Crippen LogP contribution in [0.5, 0.6) is 0 Å². The standard InChI is InChI=1S/C16H14FN5O6S.C9H7FN4O6S/c1-29(27,28)20-21-15(23)11-6-13(18-8-9-2-4-10(17)5-3-9)14(22(25)26)7-12(11)19-16(21)24;1-21(19,20)12-13-8(15)4-2-5(10)7(14(17)18)3-6(4)11-9(13)16/h2-7,18,20H,8H2,1H3,(H,19,24);2-3,12H,1H3,(H,11,16). The van der Waals surface area contributed by atoms with E-state index in [0.29, 0.717) is 24.0 Å². The molecule has 0 saturated carbocycles. The fourth-order valence-corrected chi connectivity index (χ4v) is 5.20. The molecule has 0 saturated heterocycles. The first-order valence-electron chi connectivity index (χ1n) is 13.2. The van der Waals surface area contributed by atoms with Gasteiger partial charge in [-0.3, -0.25) is 29.8 Å². The summed E-state index contributed by atoms with van der Waals surface area (Å²) >= 11 is 0. The quantitative estimate of drug-likeness (QED) is 0.0990. The van der Waals surface area contributed by atoms with Gasteiger partial charge in [-0.2, -0.15) is 13.7 Å². The average molecular weight is 742 g/mol. The van der Waals surface area contributed by atoms with Gasteiger partial charge in [-0.05, 0) is 29.8 Å². The smallest absolute Gasteiger partial charge is 0.348 e. The third-order valence-corrected chi connectivity index (χ3v) is 7.31. The summed E-state index contributed by atoms with van der Waals surface area (Å²) in [5.41, 5.74) is -5.61. The second kappa shape index (κ2) is 13.5. The summed E-state index contributed by atoms with van der Waals surface area (Å²) in [5, 5.41) is 24.2. The Labute approximate surface area is 275 Å². The zero-order valence-electron chi connectivity index (χ0n) is 25.1. The number of benzene rings is 3. The van der Waals surface area contributed by atoms with Gasteiger partial charge in [0.1, 0.15) is 11.5 Å². The average Bonchev–Trinajstić information content (AvgIpc) is 3.00. The lowest BCUT2D eigenvalue weighted by Crippen LogP contribution is -2.43. The van der Waals surface area contributed by atoms with E-state index < -0.39 is 80.8 Å². The molecule has 2 aromatic heterocycles. The van der Waals surface area contributed by atoms with Crippen molar-refractivity contribution in [1.82, 2.24) is 19.3 Å². The van der Waals surface area contributed by atoms with Gasteiger partial charge in [-0.25, -0.2) is 40.5 Å². The van der Waals surface area contributed by atoms with Crippen LogP contribution in [0.4, 0.5) is 25.8 Å². The number of hydrogen-bond acceptors (Lipinski definition) is 13. The summed E-state index contributed by atoms with van der Waals surface area (Å²) < 4.78 is 71.8. The minimum Gasteiger partial charge on any atom is -0.375 e. The van der Waals surface area contributed by atoms with Crippen LogP contribution in [0.2, 0.25) is 0 Å². The highest BCUT2D eigenvalue weighted by molar-refractivity contribution is 7.91. The van der Waals surface area contributed by atoms with Crippen molar-refractivity contribution < 1.29 is 35.5 Å². The van der Waals surface area contributed by atoms with Crippen LogP contribution in [-0.4, -0.2) is 58.5 Å². The van der Waals surface area contributed by atoms with Crippen LogP contribution in [0, 0.1) is 31.9 Å². The molecule has 0 fully saturated rings. The zero-order chi connectivity index (χ0) is 37.3. The number of nitrogens with zero attached hydrogens (tertiary/aromatic N) is 4. The summed E-state index contributed by atoms with van der Waals surface area (Å²) in [4.78, 5) is 76.1. The monoisotopic (exact) mass is 741 g/mol. The van der Waals surface area contributed by atoms with Crippen molar-refractivity contribution in [3.63, 3.8) is 0 Å². The number of hydrogen-bond donors (Lipinski definition) is 5. The molecule has 5 aromatic rings. The number of fused-ring (bicyclic) bond motifs is 2. The lowest BCUT2D eigenvalue weighted by molar-refractivity contribution is -0.387. The van der Waals surface area contributed by atoms with Crippen molar-refractivity contribution in [2.75, 3.05) is 27.5 Å². The summed E-state index contributed by atoms with van der Waals surface area (Å²) in [6.07, 6.45) is 1.47. The molecule has 0 radical (unpaired) electrons. The van der Waals surface area contributed by atoms with Gasteiger partial charge >= 0.3 is 17.1 Å². The van der Waals surface area contributed by atoms with Gasteiger partial charge in [0.2, 0.25) is 25.9 Å². The molecule has 0 unspecified atom stereocenters. The van der Waals surface area contributed by atoms with Crippen LogP contribution < -0.4 is 37.5 Å². The Morgan fingerprint density at radius 3 is 1.60 bits per heavy atom. The van der Waals surface area contributed by atoms with Crippen molar-refractivity contribution in [2.45, 2.75) is 6.54 Å². The summed E-state index contributed by atoms with van der Waals surface area (Å²) in [6, 6.07) is 8.78. The van der Waals surface area contributed by atoms with Crippen molar-refractivity contribution in [2.24, 2.45) is 0 Å². The first-order chi connectivity index (χ1) is 23.1. The van der Waals surface area contributed by atoms with Crippen molar-refractivity contribution in [3.05, 3.63) is 128 Å². The van der Waals surface area contributed by atoms with Crippen molar-refractivity contribution in [3.8, 4) is 0 Å². The first kappa shape index (κ1) is 36.3. The van der Waals surface area contributed by atoms with Gasteiger partial charge in [-0.15, -0.1) is 0 Å². The van der Waals surface area contributed by atoms with Gasteiger partial charge in [0, 0.05) is 18.7 Å². The van der Waals surface area contributed by atoms with E-state index in [1.807, 2.05) is 0 Å². The van der Waals surface area contributed by atoms with Gasteiger partial charge in [0.15, 0.2) is 0 Å². The van der Waals surface area contributed by atoms with E-state index in [1.54, 1.807) is 9.66 Å². The fraction of sp³-hybridized carbons (Fsp3) is 0.120. The van der Waals surface area contributed by atoms with E-state index in [0.717, 1.165) is 18.4 Å². The molecule has 0 aliphatic carbocycles. The number of sulfonamides is 2. The summed E-state index contributed by atoms with van der Waals surface area (Å²) in [6.45, 7) is 0.0890. The summed E-state index contributed by atoms with van der Waals surface area (Å²) in [7, 11) is -7.87. The van der Waals surface area contributed by atoms with Crippen LogP contribution in [-0.2, 0) is 26.6 Å². The number of aromatic nitrogens is 4. The third-order valence-electron chi connectivity index (χ3n) is 6.28. The SMILES string of the molecule is CS(=O)(=O)Nn1c(=O)[nH]c2cc([N+](=O)[O-])c(F)cc2c1=O.CS(=O)(=O)Nn1c(=O)[nH]c2cc([N+](=O)[O-])c(NCc3ccc(F)cc3)cc2c1=O. The normalized spacial score (nSPS) is 11.4. The van der Waals surface area contributed by atoms with E-state index in [1.165, 1.54) is 24.3 Å². The molecule has 0 aliphatic heterocycles. The predicted octanol–water partition coefficient (Wildman–Crippen LogP) is 0.0925. The maximum Gasteiger partial charge on any atom is 0.348 e. The Morgan fingerprint density at radius 2 is 1.16 bits per heavy atom. The molecule has 25 heteroatoms. The van der Waals surface area contributed by atoms with E-state index >= 15 is 0 Å². The molecule has 0 aliphatic rings. The minimum absolute atomic E-state index is 0.0399. The van der Waals surface area contributed by atoms with Crippen LogP contribution >= 0.6 is 0 Å². The van der Waals surface area contributed by atoms with Crippen molar-refractivity contribution >= 4 is 58.9 Å². The molecule has 2 heterocycles. The maximum atomic E-state index is 13.5. The molecule has 0 amide bonds. The van der Waals surface area contributed by atoms with Crippen LogP contribution in [0.25, 0.3) is 21.8 Å². The number of nitro benzene ring substituents is 2. The number of anilines is 1. The molecule has 21 nitrogen and oxygen atoms in total. The minimum atomic E-state index is -3.93. The number of nitro groups is 2. The molecular formula is C25H21F2N9O12S2. The Balaban J connectivity index is 0.000000237. The summed E-state index contributed by atoms with van der Waals surface area (Å²) in [5.74, 6) is -1.73. The third kappa shape index (κ3) is 8.31. The van der Waals surface area contributed by atoms with E-state index in [2.05, 4.69) is 15.3 Å². The molecule has 3 aromatic carbocycles. The molecule has 5 N–H and O–H groups in total. The van der Waals surface area contributed by atoms with Crippen LogP contribution in [0.15, 0.2) is 67.7 Å². The molecule has 264 valence electrons. The van der Waals surface area contributed by atoms with Gasteiger partial charge in [0.25, 0.3) is 16.8 Å². The molecule has 0 spiro atoms. The van der Waals surface area contributed by atoms with Gasteiger partial charge in [-0.1, -0.05) is 12.1 Å². The number of aromatic amines is 2. The van der Waals surface area contributed by atoms with E-state index in [9.17, 15) is 65.0 Å². The Kier molecular flexibility index (Phi) is 9.85. The zero-order valence-corrected chi connectivity index (χ0v) is 26.7. The predicted molar refractivity (Wildman–Crippen MR) is 173 cm³/mol. The Hall–Kier alpha value is -6.50. The first-order valence-corrected chi connectivity index (χ1v) is 17.0.